The van der Waals surface area contributed by atoms with Crippen molar-refractivity contribution in [3.8, 4) is 6.07 Å². The Morgan fingerprint density at radius 1 is 1.03 bits per heavy atom. The molecule has 0 radical (unpaired) electrons. The highest BCUT2D eigenvalue weighted by atomic mass is 35.5. The fraction of sp³-hybridized carbons (Fsp3) is 0.0455. The van der Waals surface area contributed by atoms with Gasteiger partial charge in [-0.05, 0) is 48.0 Å². The molecular weight excluding hydrogens is 443 g/mol. The molecule has 0 atom stereocenters. The summed E-state index contributed by atoms with van der Waals surface area (Å²) in [5.74, 6) is -0.130. The number of thioether (sulfide) groups is 1. The van der Waals surface area contributed by atoms with E-state index in [1.54, 1.807) is 54.6 Å². The van der Waals surface area contributed by atoms with Gasteiger partial charge in [-0.2, -0.15) is 5.26 Å². The van der Waals surface area contributed by atoms with E-state index in [9.17, 15) is 18.1 Å². The molecule has 8 heteroatoms. The first-order valence-corrected chi connectivity index (χ1v) is 11.6. The van der Waals surface area contributed by atoms with Crippen LogP contribution in [0.1, 0.15) is 5.56 Å². The van der Waals surface area contributed by atoms with Crippen molar-refractivity contribution in [3.63, 3.8) is 0 Å². The number of nitriles is 1. The summed E-state index contributed by atoms with van der Waals surface area (Å²) in [5.41, 5.74) is 1.18. The lowest BCUT2D eigenvalue weighted by atomic mass is 10.2. The highest BCUT2D eigenvalue weighted by Crippen LogP contribution is 2.32. The predicted octanol–water partition coefficient (Wildman–Crippen LogP) is 5.99. The Morgan fingerprint density at radius 3 is 2.43 bits per heavy atom. The number of hydrogen-bond acceptors (Lipinski definition) is 5. The maximum Gasteiger partial charge on any atom is 0.219 e. The van der Waals surface area contributed by atoms with Gasteiger partial charge in [-0.15, -0.1) is 11.8 Å². The number of nitrogens with zero attached hydrogens (tertiary/aromatic N) is 1. The highest BCUT2D eigenvalue weighted by Gasteiger charge is 2.25. The molecular formula is C22H16ClFN2O2S2. The summed E-state index contributed by atoms with van der Waals surface area (Å²) in [6.07, 6.45) is 0. The van der Waals surface area contributed by atoms with Crippen LogP contribution in [-0.4, -0.2) is 8.42 Å². The summed E-state index contributed by atoms with van der Waals surface area (Å²) in [6, 6.07) is 22.3. The summed E-state index contributed by atoms with van der Waals surface area (Å²) in [6.45, 7) is 0. The summed E-state index contributed by atoms with van der Waals surface area (Å²) in [5, 5.41) is 13.3. The third kappa shape index (κ3) is 5.42. The van der Waals surface area contributed by atoms with Gasteiger partial charge in [0.25, 0.3) is 0 Å². The molecule has 0 fully saturated rings. The highest BCUT2D eigenvalue weighted by molar-refractivity contribution is 8.04. The van der Waals surface area contributed by atoms with Crippen LogP contribution in [-0.2, 0) is 15.6 Å². The van der Waals surface area contributed by atoms with E-state index in [2.05, 4.69) is 5.32 Å². The van der Waals surface area contributed by atoms with Gasteiger partial charge in [0.1, 0.15) is 16.9 Å². The zero-order valence-electron chi connectivity index (χ0n) is 15.5. The van der Waals surface area contributed by atoms with Gasteiger partial charge in [0.05, 0.1) is 4.90 Å². The third-order valence-electron chi connectivity index (χ3n) is 3.98. The Bertz CT molecular complexity index is 1220. The first-order chi connectivity index (χ1) is 14.4. The molecule has 0 heterocycles. The predicted molar refractivity (Wildman–Crippen MR) is 119 cm³/mol. The fourth-order valence-electron chi connectivity index (χ4n) is 2.59. The Balaban J connectivity index is 2.04. The number of anilines is 1. The fourth-order valence-corrected chi connectivity index (χ4v) is 5.31. The first-order valence-electron chi connectivity index (χ1n) is 8.74. The van der Waals surface area contributed by atoms with Gasteiger partial charge in [0.15, 0.2) is 4.91 Å². The molecule has 0 aliphatic rings. The SMILES string of the molecule is N#C/C(=C(/Nc1cccc(Cl)c1)SCc1cccc(F)c1)S(=O)(=O)c1ccccc1. The summed E-state index contributed by atoms with van der Waals surface area (Å²) < 4.78 is 39.7. The number of halogens is 2. The van der Waals surface area contributed by atoms with Crippen LogP contribution in [0.15, 0.2) is 93.7 Å². The van der Waals surface area contributed by atoms with E-state index >= 15 is 0 Å². The van der Waals surface area contributed by atoms with Gasteiger partial charge >= 0.3 is 0 Å². The summed E-state index contributed by atoms with van der Waals surface area (Å²) >= 11 is 7.13. The van der Waals surface area contributed by atoms with Crippen molar-refractivity contribution in [3.05, 3.63) is 105 Å². The van der Waals surface area contributed by atoms with Crippen molar-refractivity contribution in [2.24, 2.45) is 0 Å². The number of hydrogen-bond donors (Lipinski definition) is 1. The van der Waals surface area contributed by atoms with Crippen molar-refractivity contribution in [1.29, 1.82) is 5.26 Å². The zero-order chi connectivity index (χ0) is 21.6. The molecule has 0 amide bonds. The summed E-state index contributed by atoms with van der Waals surface area (Å²) in [4.78, 5) is -0.409. The zero-order valence-corrected chi connectivity index (χ0v) is 17.9. The molecule has 0 aliphatic heterocycles. The van der Waals surface area contributed by atoms with Crippen LogP contribution in [0.3, 0.4) is 0 Å². The van der Waals surface area contributed by atoms with E-state index in [1.807, 2.05) is 6.07 Å². The average Bonchev–Trinajstić information content (AvgIpc) is 2.73. The lowest BCUT2D eigenvalue weighted by Crippen LogP contribution is -2.10. The number of allylic oxidation sites excluding steroid dienone is 1. The molecule has 0 bridgehead atoms. The molecule has 4 nitrogen and oxygen atoms in total. The molecule has 3 rings (SSSR count). The van der Waals surface area contributed by atoms with Crippen LogP contribution in [0.5, 0.6) is 0 Å². The molecule has 0 aliphatic carbocycles. The van der Waals surface area contributed by atoms with Crippen LogP contribution in [0.25, 0.3) is 0 Å². The second kappa shape index (κ2) is 9.81. The topological polar surface area (TPSA) is 70.0 Å². The van der Waals surface area contributed by atoms with E-state index in [4.69, 9.17) is 11.6 Å². The first kappa shape index (κ1) is 21.9. The van der Waals surface area contributed by atoms with Crippen molar-refractivity contribution in [1.82, 2.24) is 0 Å². The quantitative estimate of drug-likeness (QED) is 0.440. The summed E-state index contributed by atoms with van der Waals surface area (Å²) in [7, 11) is -4.07. The lowest BCUT2D eigenvalue weighted by molar-refractivity contribution is 0.603. The molecule has 152 valence electrons. The van der Waals surface area contributed by atoms with E-state index < -0.39 is 14.7 Å². The van der Waals surface area contributed by atoms with Crippen LogP contribution in [0.2, 0.25) is 5.02 Å². The van der Waals surface area contributed by atoms with Gasteiger partial charge in [-0.3, -0.25) is 0 Å². The minimum absolute atomic E-state index is 0.0123. The Morgan fingerprint density at radius 2 is 1.77 bits per heavy atom. The lowest BCUT2D eigenvalue weighted by Gasteiger charge is -2.14. The maximum absolute atomic E-state index is 13.5. The van der Waals surface area contributed by atoms with Crippen molar-refractivity contribution in [2.45, 2.75) is 10.6 Å². The molecule has 1 N–H and O–H groups in total. The number of nitrogens with one attached hydrogen (secondary N) is 1. The molecule has 0 saturated carbocycles. The minimum atomic E-state index is -4.07. The van der Waals surface area contributed by atoms with E-state index in [0.29, 0.717) is 16.3 Å². The smallest absolute Gasteiger partial charge is 0.219 e. The standard InChI is InChI=1S/C22H16ClFN2O2S2/c23-17-7-5-9-19(13-17)26-22(29-15-16-6-4-8-18(24)12-16)21(14-25)30(27,28)20-10-2-1-3-11-20/h1-13,26H,15H2/b22-21+. The second-order valence-corrected chi connectivity index (χ2v) is 9.45. The second-order valence-electron chi connectivity index (χ2n) is 6.14. The van der Waals surface area contributed by atoms with E-state index in [-0.39, 0.29) is 21.5 Å². The monoisotopic (exact) mass is 458 g/mol. The molecule has 3 aromatic carbocycles. The van der Waals surface area contributed by atoms with Gasteiger partial charge in [-0.25, -0.2) is 12.8 Å². The molecule has 0 unspecified atom stereocenters. The van der Waals surface area contributed by atoms with Crippen molar-refractivity contribution < 1.29 is 12.8 Å². The molecule has 0 spiro atoms. The Labute approximate surface area is 183 Å². The van der Waals surface area contributed by atoms with Crippen LogP contribution in [0.4, 0.5) is 10.1 Å². The molecule has 0 saturated heterocycles. The normalized spacial score (nSPS) is 12.0. The van der Waals surface area contributed by atoms with Gasteiger partial charge < -0.3 is 5.32 Å². The minimum Gasteiger partial charge on any atom is -0.348 e. The largest absolute Gasteiger partial charge is 0.348 e. The van der Waals surface area contributed by atoms with Gasteiger partial charge in [0, 0.05) is 16.5 Å². The molecule has 0 aromatic heterocycles. The van der Waals surface area contributed by atoms with Crippen LogP contribution in [0, 0.1) is 17.1 Å². The number of rotatable bonds is 7. The van der Waals surface area contributed by atoms with Gasteiger partial charge in [-0.1, -0.05) is 48.0 Å². The van der Waals surface area contributed by atoms with Crippen molar-refractivity contribution >= 4 is 38.9 Å². The van der Waals surface area contributed by atoms with Crippen molar-refractivity contribution in [2.75, 3.05) is 5.32 Å². The Hall–Kier alpha value is -2.79. The maximum atomic E-state index is 13.5. The molecule has 3 aromatic rings. The third-order valence-corrected chi connectivity index (χ3v) is 7.15. The van der Waals surface area contributed by atoms with Crippen LogP contribution < -0.4 is 5.32 Å². The van der Waals surface area contributed by atoms with E-state index in [1.165, 1.54) is 24.3 Å². The average molecular weight is 459 g/mol. The molecule has 30 heavy (non-hydrogen) atoms. The van der Waals surface area contributed by atoms with E-state index in [0.717, 1.165) is 11.8 Å². The van der Waals surface area contributed by atoms with Crippen LogP contribution >= 0.6 is 23.4 Å². The Kier molecular flexibility index (Phi) is 7.16. The number of benzene rings is 3. The number of sulfone groups is 1. The van der Waals surface area contributed by atoms with Gasteiger partial charge in [0.2, 0.25) is 9.84 Å².